The summed E-state index contributed by atoms with van der Waals surface area (Å²) >= 11 is 5.89. The van der Waals surface area contributed by atoms with E-state index in [1.54, 1.807) is 12.7 Å². The van der Waals surface area contributed by atoms with E-state index in [-0.39, 0.29) is 0 Å². The molecule has 0 spiro atoms. The molecule has 2 rings (SSSR count). The smallest absolute Gasteiger partial charge is 0.137 e. The Morgan fingerprint density at radius 1 is 1.33 bits per heavy atom. The third-order valence-electron chi connectivity index (χ3n) is 3.16. The van der Waals surface area contributed by atoms with Crippen LogP contribution in [0, 0.1) is 0 Å². The zero-order chi connectivity index (χ0) is 13.0. The first kappa shape index (κ1) is 13.1. The Kier molecular flexibility index (Phi) is 4.33. The molecule has 5 heteroatoms. The molecule has 96 valence electrons. The van der Waals surface area contributed by atoms with Gasteiger partial charge in [-0.25, -0.2) is 4.98 Å². The molecular weight excluding hydrogens is 248 g/mol. The molecule has 0 radical (unpaired) electrons. The topological polar surface area (TPSA) is 34.0 Å². The van der Waals surface area contributed by atoms with E-state index in [2.05, 4.69) is 41.1 Å². The highest BCUT2D eigenvalue weighted by molar-refractivity contribution is 6.30. The molecule has 0 saturated heterocycles. The van der Waals surface area contributed by atoms with Crippen LogP contribution in [-0.4, -0.2) is 33.3 Å². The first-order valence-corrected chi connectivity index (χ1v) is 6.33. The summed E-state index contributed by atoms with van der Waals surface area (Å²) in [6.45, 7) is 3.95. The van der Waals surface area contributed by atoms with Crippen molar-refractivity contribution in [3.63, 3.8) is 0 Å². The van der Waals surface area contributed by atoms with Gasteiger partial charge in [0.1, 0.15) is 12.7 Å². The Hall–Kier alpha value is -1.39. The molecule has 18 heavy (non-hydrogen) atoms. The van der Waals surface area contributed by atoms with E-state index in [0.29, 0.717) is 6.04 Å². The van der Waals surface area contributed by atoms with E-state index >= 15 is 0 Å². The highest BCUT2D eigenvalue weighted by Gasteiger charge is 2.11. The molecule has 2 aromatic rings. The fraction of sp³-hybridized carbons (Fsp3) is 0.385. The van der Waals surface area contributed by atoms with Gasteiger partial charge in [-0.15, -0.1) is 0 Å². The number of hydrogen-bond donors (Lipinski definition) is 0. The second-order valence-corrected chi connectivity index (χ2v) is 4.80. The molecule has 1 aromatic carbocycles. The minimum absolute atomic E-state index is 0.353. The Labute approximate surface area is 112 Å². The lowest BCUT2D eigenvalue weighted by Crippen LogP contribution is -2.26. The number of halogens is 1. The van der Waals surface area contributed by atoms with Crippen molar-refractivity contribution in [2.45, 2.75) is 19.5 Å². The van der Waals surface area contributed by atoms with E-state index in [1.165, 1.54) is 5.56 Å². The molecule has 0 saturated carbocycles. The molecule has 4 nitrogen and oxygen atoms in total. The highest BCUT2D eigenvalue weighted by atomic mass is 35.5. The number of benzene rings is 1. The fourth-order valence-electron chi connectivity index (χ4n) is 1.80. The summed E-state index contributed by atoms with van der Waals surface area (Å²) in [4.78, 5) is 6.21. The van der Waals surface area contributed by atoms with Gasteiger partial charge in [0.15, 0.2) is 0 Å². The lowest BCUT2D eigenvalue weighted by molar-refractivity contribution is 0.247. The summed E-state index contributed by atoms with van der Waals surface area (Å²) in [7, 11) is 2.11. The Morgan fingerprint density at radius 3 is 2.67 bits per heavy atom. The van der Waals surface area contributed by atoms with Gasteiger partial charge in [0.25, 0.3) is 0 Å². The van der Waals surface area contributed by atoms with Gasteiger partial charge in [-0.3, -0.25) is 9.58 Å². The zero-order valence-electron chi connectivity index (χ0n) is 10.6. The van der Waals surface area contributed by atoms with Gasteiger partial charge in [-0.05, 0) is 31.7 Å². The van der Waals surface area contributed by atoms with Crippen LogP contribution in [-0.2, 0) is 6.54 Å². The average molecular weight is 265 g/mol. The van der Waals surface area contributed by atoms with E-state index in [1.807, 2.05) is 16.8 Å². The third kappa shape index (κ3) is 3.31. The van der Waals surface area contributed by atoms with Gasteiger partial charge in [0.05, 0.1) is 6.54 Å². The predicted molar refractivity (Wildman–Crippen MR) is 72.5 cm³/mol. The predicted octanol–water partition coefficient (Wildman–Crippen LogP) is 2.62. The normalized spacial score (nSPS) is 12.9. The maximum atomic E-state index is 5.89. The molecule has 0 N–H and O–H groups in total. The van der Waals surface area contributed by atoms with Crippen LogP contribution in [0.2, 0.25) is 5.02 Å². The number of rotatable bonds is 5. The molecule has 0 bridgehead atoms. The van der Waals surface area contributed by atoms with Crippen molar-refractivity contribution in [2.75, 3.05) is 13.6 Å². The van der Waals surface area contributed by atoms with Gasteiger partial charge in [-0.1, -0.05) is 23.7 Å². The zero-order valence-corrected chi connectivity index (χ0v) is 11.4. The standard InChI is InChI=1S/C13H17ClN4/c1-11(12-3-5-13(14)6-4-12)17(2)7-8-18-10-15-9-16-18/h3-6,9-11H,7-8H2,1-2H3. The van der Waals surface area contributed by atoms with Crippen molar-refractivity contribution in [1.82, 2.24) is 19.7 Å². The van der Waals surface area contributed by atoms with Crippen molar-refractivity contribution < 1.29 is 0 Å². The number of aromatic nitrogens is 3. The summed E-state index contributed by atoms with van der Waals surface area (Å²) in [5, 5.41) is 4.87. The molecule has 1 unspecified atom stereocenters. The van der Waals surface area contributed by atoms with Crippen molar-refractivity contribution in [2.24, 2.45) is 0 Å². The molecule has 1 aromatic heterocycles. The van der Waals surface area contributed by atoms with E-state index < -0.39 is 0 Å². The Balaban J connectivity index is 1.91. The molecule has 0 aliphatic carbocycles. The van der Waals surface area contributed by atoms with Gasteiger partial charge in [0, 0.05) is 17.6 Å². The summed E-state index contributed by atoms with van der Waals surface area (Å²) in [6, 6.07) is 8.35. The highest BCUT2D eigenvalue weighted by Crippen LogP contribution is 2.20. The second kappa shape index (κ2) is 5.98. The number of hydrogen-bond acceptors (Lipinski definition) is 3. The monoisotopic (exact) mass is 264 g/mol. The van der Waals surface area contributed by atoms with Crippen molar-refractivity contribution >= 4 is 11.6 Å². The fourth-order valence-corrected chi connectivity index (χ4v) is 1.92. The summed E-state index contributed by atoms with van der Waals surface area (Å²) in [6.07, 6.45) is 3.30. The van der Waals surface area contributed by atoms with Crippen LogP contribution >= 0.6 is 11.6 Å². The molecule has 0 amide bonds. The van der Waals surface area contributed by atoms with Crippen molar-refractivity contribution in [3.05, 3.63) is 47.5 Å². The van der Waals surface area contributed by atoms with Crippen LogP contribution in [0.1, 0.15) is 18.5 Å². The lowest BCUT2D eigenvalue weighted by atomic mass is 10.1. The summed E-state index contributed by atoms with van der Waals surface area (Å²) < 4.78 is 1.84. The second-order valence-electron chi connectivity index (χ2n) is 4.37. The van der Waals surface area contributed by atoms with Crippen LogP contribution < -0.4 is 0 Å². The third-order valence-corrected chi connectivity index (χ3v) is 3.41. The summed E-state index contributed by atoms with van der Waals surface area (Å²) in [5.74, 6) is 0. The minimum Gasteiger partial charge on any atom is -0.298 e. The van der Waals surface area contributed by atoms with Crippen molar-refractivity contribution in [3.8, 4) is 0 Å². The van der Waals surface area contributed by atoms with E-state index in [9.17, 15) is 0 Å². The maximum Gasteiger partial charge on any atom is 0.137 e. The molecule has 0 fully saturated rings. The van der Waals surface area contributed by atoms with Gasteiger partial charge in [0.2, 0.25) is 0 Å². The molecule has 1 atom stereocenters. The van der Waals surface area contributed by atoms with Crippen LogP contribution in [0.3, 0.4) is 0 Å². The van der Waals surface area contributed by atoms with Gasteiger partial charge >= 0.3 is 0 Å². The van der Waals surface area contributed by atoms with Crippen LogP contribution in [0.5, 0.6) is 0 Å². The van der Waals surface area contributed by atoms with Crippen LogP contribution in [0.25, 0.3) is 0 Å². The largest absolute Gasteiger partial charge is 0.298 e. The lowest BCUT2D eigenvalue weighted by Gasteiger charge is -2.25. The molecule has 0 aliphatic rings. The Morgan fingerprint density at radius 2 is 2.06 bits per heavy atom. The maximum absolute atomic E-state index is 5.89. The number of nitrogens with zero attached hydrogens (tertiary/aromatic N) is 4. The van der Waals surface area contributed by atoms with Crippen LogP contribution in [0.15, 0.2) is 36.9 Å². The summed E-state index contributed by atoms with van der Waals surface area (Å²) in [5.41, 5.74) is 1.26. The molecule has 0 aliphatic heterocycles. The number of likely N-dealkylation sites (N-methyl/N-ethyl adjacent to an activating group) is 1. The molecule has 1 heterocycles. The quantitative estimate of drug-likeness (QED) is 0.833. The van der Waals surface area contributed by atoms with Gasteiger partial charge in [-0.2, -0.15) is 5.10 Å². The SMILES string of the molecule is CC(c1ccc(Cl)cc1)N(C)CCn1cncn1. The van der Waals surface area contributed by atoms with Gasteiger partial charge < -0.3 is 0 Å². The first-order valence-electron chi connectivity index (χ1n) is 5.95. The van der Waals surface area contributed by atoms with Crippen molar-refractivity contribution in [1.29, 1.82) is 0 Å². The van der Waals surface area contributed by atoms with E-state index in [4.69, 9.17) is 11.6 Å². The van der Waals surface area contributed by atoms with Crippen LogP contribution in [0.4, 0.5) is 0 Å². The minimum atomic E-state index is 0.353. The molecular formula is C13H17ClN4. The Bertz CT molecular complexity index is 466. The van der Waals surface area contributed by atoms with E-state index in [0.717, 1.165) is 18.1 Å². The average Bonchev–Trinajstić information content (AvgIpc) is 2.89. The first-order chi connectivity index (χ1) is 8.66.